The fourth-order valence-electron chi connectivity index (χ4n) is 3.53. The van der Waals surface area contributed by atoms with Gasteiger partial charge in [-0.25, -0.2) is 0 Å². The molecule has 1 nitrogen and oxygen atoms in total. The van der Waals surface area contributed by atoms with Crippen LogP contribution < -0.4 is 5.32 Å². The third-order valence-corrected chi connectivity index (χ3v) is 4.96. The number of rotatable bonds is 9. The number of unbranched alkanes of at least 4 members (excludes halogenated alkanes) is 7. The Kier molecular flexibility index (Phi) is 7.12. The number of hydrogen-bond donors (Lipinski definition) is 1. The molecule has 0 radical (unpaired) electrons. The molecule has 1 aromatic carbocycles. The van der Waals surface area contributed by atoms with E-state index in [1.807, 2.05) is 0 Å². The fourth-order valence-corrected chi connectivity index (χ4v) is 3.53. The zero-order valence-electron chi connectivity index (χ0n) is 14.0. The van der Waals surface area contributed by atoms with Gasteiger partial charge in [0.2, 0.25) is 0 Å². The first-order valence-corrected chi connectivity index (χ1v) is 9.15. The molecule has 0 spiro atoms. The van der Waals surface area contributed by atoms with Gasteiger partial charge in [0, 0.05) is 11.7 Å². The number of para-hydroxylation sites is 1. The summed E-state index contributed by atoms with van der Waals surface area (Å²) in [6.45, 7) is 4.69. The van der Waals surface area contributed by atoms with E-state index in [1.54, 1.807) is 0 Å². The molecule has 0 fully saturated rings. The van der Waals surface area contributed by atoms with Crippen molar-refractivity contribution in [3.63, 3.8) is 0 Å². The zero-order valence-corrected chi connectivity index (χ0v) is 14.0. The maximum atomic E-state index is 3.77. The van der Waals surface area contributed by atoms with Gasteiger partial charge in [-0.3, -0.25) is 0 Å². The molecule has 21 heavy (non-hydrogen) atoms. The van der Waals surface area contributed by atoms with Crippen molar-refractivity contribution in [3.8, 4) is 0 Å². The number of fused-ring (bicyclic) bond motifs is 1. The average molecular weight is 287 g/mol. The predicted octanol–water partition coefficient (Wildman–Crippen LogP) is 6.19. The van der Waals surface area contributed by atoms with E-state index in [4.69, 9.17) is 0 Å². The SMILES string of the molecule is CCCCCCCCCCC1Nc2ccccc2CC1C. The van der Waals surface area contributed by atoms with E-state index in [2.05, 4.69) is 43.4 Å². The summed E-state index contributed by atoms with van der Waals surface area (Å²) in [7, 11) is 0. The van der Waals surface area contributed by atoms with E-state index in [1.165, 1.54) is 75.5 Å². The van der Waals surface area contributed by atoms with E-state index >= 15 is 0 Å². The number of nitrogens with one attached hydrogen (secondary N) is 1. The normalized spacial score (nSPS) is 20.9. The summed E-state index contributed by atoms with van der Waals surface area (Å²) in [5.41, 5.74) is 2.87. The van der Waals surface area contributed by atoms with Crippen LogP contribution in [0.1, 0.15) is 77.2 Å². The highest BCUT2D eigenvalue weighted by molar-refractivity contribution is 5.54. The molecule has 2 atom stereocenters. The van der Waals surface area contributed by atoms with Crippen LogP contribution in [-0.2, 0) is 6.42 Å². The minimum absolute atomic E-state index is 0.681. The molecule has 118 valence electrons. The quantitative estimate of drug-likeness (QED) is 0.534. The molecule has 2 rings (SSSR count). The minimum Gasteiger partial charge on any atom is -0.382 e. The lowest BCUT2D eigenvalue weighted by Gasteiger charge is -2.32. The Bertz CT molecular complexity index is 399. The van der Waals surface area contributed by atoms with Crippen LogP contribution in [0.5, 0.6) is 0 Å². The molecule has 1 aliphatic rings. The molecule has 1 heterocycles. The van der Waals surface area contributed by atoms with E-state index in [0.29, 0.717) is 6.04 Å². The molecule has 1 aliphatic heterocycles. The lowest BCUT2D eigenvalue weighted by Crippen LogP contribution is -2.33. The van der Waals surface area contributed by atoms with Crippen molar-refractivity contribution >= 4 is 5.69 Å². The third-order valence-electron chi connectivity index (χ3n) is 4.96. The van der Waals surface area contributed by atoms with Gasteiger partial charge >= 0.3 is 0 Å². The van der Waals surface area contributed by atoms with Crippen molar-refractivity contribution in [2.45, 2.75) is 84.1 Å². The van der Waals surface area contributed by atoms with Crippen LogP contribution in [0.15, 0.2) is 24.3 Å². The monoisotopic (exact) mass is 287 g/mol. The first-order valence-electron chi connectivity index (χ1n) is 9.15. The Morgan fingerprint density at radius 1 is 0.952 bits per heavy atom. The predicted molar refractivity (Wildman–Crippen MR) is 93.9 cm³/mol. The lowest BCUT2D eigenvalue weighted by molar-refractivity contribution is 0.422. The molecule has 0 bridgehead atoms. The van der Waals surface area contributed by atoms with Crippen molar-refractivity contribution in [1.82, 2.24) is 0 Å². The number of hydrogen-bond acceptors (Lipinski definition) is 1. The molecule has 0 aromatic heterocycles. The Morgan fingerprint density at radius 3 is 2.38 bits per heavy atom. The largest absolute Gasteiger partial charge is 0.382 e. The van der Waals surface area contributed by atoms with Gasteiger partial charge in [0.25, 0.3) is 0 Å². The summed E-state index contributed by atoms with van der Waals surface area (Å²) < 4.78 is 0. The second-order valence-corrected chi connectivity index (χ2v) is 6.85. The summed E-state index contributed by atoms with van der Waals surface area (Å²) in [5, 5.41) is 3.77. The molecule has 0 amide bonds. The molecule has 0 saturated heterocycles. The summed E-state index contributed by atoms with van der Waals surface area (Å²) in [6.07, 6.45) is 13.9. The standard InChI is InChI=1S/C20H33N/c1-3-4-5-6-7-8-9-10-14-19-17(2)16-18-13-11-12-15-20(18)21-19/h11-13,15,17,19,21H,3-10,14,16H2,1-2H3. The van der Waals surface area contributed by atoms with Gasteiger partial charge in [0.15, 0.2) is 0 Å². The van der Waals surface area contributed by atoms with Gasteiger partial charge in [0.1, 0.15) is 0 Å². The van der Waals surface area contributed by atoms with Crippen LogP contribution in [0, 0.1) is 5.92 Å². The maximum absolute atomic E-state index is 3.77. The molecule has 0 saturated carbocycles. The average Bonchev–Trinajstić information content (AvgIpc) is 2.50. The minimum atomic E-state index is 0.681. The van der Waals surface area contributed by atoms with E-state index < -0.39 is 0 Å². The fraction of sp³-hybridized carbons (Fsp3) is 0.700. The highest BCUT2D eigenvalue weighted by atomic mass is 14.9. The molecule has 0 aliphatic carbocycles. The lowest BCUT2D eigenvalue weighted by atomic mass is 9.86. The molecule has 1 heteroatoms. The van der Waals surface area contributed by atoms with Gasteiger partial charge in [-0.1, -0.05) is 83.4 Å². The topological polar surface area (TPSA) is 12.0 Å². The van der Waals surface area contributed by atoms with Gasteiger partial charge in [-0.2, -0.15) is 0 Å². The highest BCUT2D eigenvalue weighted by Crippen LogP contribution is 2.30. The smallest absolute Gasteiger partial charge is 0.0375 e. The molecular formula is C20H33N. The summed E-state index contributed by atoms with van der Waals surface area (Å²) in [4.78, 5) is 0. The van der Waals surface area contributed by atoms with Gasteiger partial charge in [-0.05, 0) is 30.4 Å². The number of anilines is 1. The third kappa shape index (κ3) is 5.37. The maximum Gasteiger partial charge on any atom is 0.0375 e. The first kappa shape index (κ1) is 16.4. The van der Waals surface area contributed by atoms with Crippen LogP contribution >= 0.6 is 0 Å². The van der Waals surface area contributed by atoms with Crippen molar-refractivity contribution in [3.05, 3.63) is 29.8 Å². The number of benzene rings is 1. The Hall–Kier alpha value is -0.980. The van der Waals surface area contributed by atoms with Crippen molar-refractivity contribution < 1.29 is 0 Å². The first-order chi connectivity index (χ1) is 10.3. The molecular weight excluding hydrogens is 254 g/mol. The zero-order chi connectivity index (χ0) is 14.9. The van der Waals surface area contributed by atoms with Crippen LogP contribution in [0.4, 0.5) is 5.69 Å². The Balaban J connectivity index is 1.61. The summed E-state index contributed by atoms with van der Waals surface area (Å²) >= 11 is 0. The van der Waals surface area contributed by atoms with Crippen molar-refractivity contribution in [1.29, 1.82) is 0 Å². The van der Waals surface area contributed by atoms with Crippen LogP contribution in [0.25, 0.3) is 0 Å². The van der Waals surface area contributed by atoms with Crippen LogP contribution in [-0.4, -0.2) is 6.04 Å². The second kappa shape index (κ2) is 9.12. The van der Waals surface area contributed by atoms with Crippen LogP contribution in [0.2, 0.25) is 0 Å². The van der Waals surface area contributed by atoms with Crippen molar-refractivity contribution in [2.75, 3.05) is 5.32 Å². The van der Waals surface area contributed by atoms with Crippen LogP contribution in [0.3, 0.4) is 0 Å². The Labute approximate surface area is 131 Å². The highest BCUT2D eigenvalue weighted by Gasteiger charge is 2.23. The Morgan fingerprint density at radius 2 is 1.62 bits per heavy atom. The van der Waals surface area contributed by atoms with Gasteiger partial charge in [-0.15, -0.1) is 0 Å². The van der Waals surface area contributed by atoms with E-state index in [0.717, 1.165) is 5.92 Å². The van der Waals surface area contributed by atoms with Gasteiger partial charge < -0.3 is 5.32 Å². The summed E-state index contributed by atoms with van der Waals surface area (Å²) in [5.74, 6) is 0.768. The van der Waals surface area contributed by atoms with Crippen molar-refractivity contribution in [2.24, 2.45) is 5.92 Å². The second-order valence-electron chi connectivity index (χ2n) is 6.85. The van der Waals surface area contributed by atoms with E-state index in [9.17, 15) is 0 Å². The molecule has 1 aromatic rings. The van der Waals surface area contributed by atoms with E-state index in [-0.39, 0.29) is 0 Å². The van der Waals surface area contributed by atoms with Gasteiger partial charge in [0.05, 0.1) is 0 Å². The molecule has 2 unspecified atom stereocenters. The molecule has 1 N–H and O–H groups in total. The summed E-state index contributed by atoms with van der Waals surface area (Å²) in [6, 6.07) is 9.49.